The summed E-state index contributed by atoms with van der Waals surface area (Å²) in [4.78, 5) is 35.3. The van der Waals surface area contributed by atoms with Crippen LogP contribution in [-0.2, 0) is 14.4 Å². The first-order valence-corrected chi connectivity index (χ1v) is 12.0. The first kappa shape index (κ1) is 29.6. The Bertz CT molecular complexity index is 522. The fourth-order valence-electron chi connectivity index (χ4n) is 2.36. The van der Waals surface area contributed by atoms with Crippen LogP contribution in [0, 0.1) is 5.41 Å². The number of aliphatic hydroxyl groups is 2. The van der Waals surface area contributed by atoms with Gasteiger partial charge in [0.2, 0.25) is 17.7 Å². The molecule has 10 nitrogen and oxygen atoms in total. The highest BCUT2D eigenvalue weighted by Gasteiger charge is 2.32. The number of hydrogen-bond donors (Lipinski definition) is 7. The summed E-state index contributed by atoms with van der Waals surface area (Å²) in [6.07, 6.45) is 1.70. The van der Waals surface area contributed by atoms with E-state index in [-0.39, 0.29) is 31.4 Å². The third kappa shape index (κ3) is 16.0. The van der Waals surface area contributed by atoms with Crippen LogP contribution in [0.5, 0.6) is 0 Å². The van der Waals surface area contributed by atoms with E-state index < -0.39 is 17.4 Å². The summed E-state index contributed by atoms with van der Waals surface area (Å²) in [5.41, 5.74) is 4.48. The number of rotatable bonds is 19. The van der Waals surface area contributed by atoms with Gasteiger partial charge in [0.1, 0.15) is 6.10 Å². The molecular weight excluding hydrogens is 422 g/mol. The van der Waals surface area contributed by atoms with Gasteiger partial charge in [-0.05, 0) is 38.9 Å². The largest absolute Gasteiger partial charge is 0.396 e. The predicted molar refractivity (Wildman–Crippen MR) is 124 cm³/mol. The standard InChI is InChI=1S/C20H41N5O5S/c1-20(2,15-26)18(29)19(30)25-11-6-16(27)24-12-13-31-14-17(28)23-10-5-9-22-8-4-3-7-21/h18,22,26,29H,3-15,21H2,1-2H3,(H,23,28)(H,24,27)(H,25,30)/t18-/m0/s1. The molecule has 1 atom stereocenters. The first-order chi connectivity index (χ1) is 14.7. The van der Waals surface area contributed by atoms with E-state index in [0.29, 0.717) is 31.1 Å². The van der Waals surface area contributed by atoms with Crippen LogP contribution in [0.2, 0.25) is 0 Å². The SMILES string of the molecule is CC(C)(CO)[C@@H](O)C(=O)NCCC(=O)NCCSCC(=O)NCCCNCCCCN. The number of amides is 3. The van der Waals surface area contributed by atoms with Crippen molar-refractivity contribution in [1.82, 2.24) is 21.3 Å². The van der Waals surface area contributed by atoms with Crippen molar-refractivity contribution in [2.75, 3.05) is 57.4 Å². The van der Waals surface area contributed by atoms with Crippen LogP contribution in [0.3, 0.4) is 0 Å². The average molecular weight is 464 g/mol. The normalized spacial score (nSPS) is 12.3. The lowest BCUT2D eigenvalue weighted by molar-refractivity contribution is -0.137. The summed E-state index contributed by atoms with van der Waals surface area (Å²) in [7, 11) is 0. The van der Waals surface area contributed by atoms with E-state index >= 15 is 0 Å². The Balaban J connectivity index is 3.60. The summed E-state index contributed by atoms with van der Waals surface area (Å²) in [6.45, 7) is 6.51. The first-order valence-electron chi connectivity index (χ1n) is 10.8. The second-order valence-corrected chi connectivity index (χ2v) is 9.05. The van der Waals surface area contributed by atoms with Crippen molar-refractivity contribution in [2.24, 2.45) is 11.1 Å². The van der Waals surface area contributed by atoms with Crippen molar-refractivity contribution in [3.63, 3.8) is 0 Å². The minimum atomic E-state index is -1.35. The van der Waals surface area contributed by atoms with Crippen molar-refractivity contribution in [2.45, 2.75) is 45.6 Å². The van der Waals surface area contributed by atoms with Crippen LogP contribution in [0.1, 0.15) is 39.5 Å². The van der Waals surface area contributed by atoms with Gasteiger partial charge >= 0.3 is 0 Å². The molecule has 0 aliphatic heterocycles. The molecule has 0 fully saturated rings. The molecule has 0 aromatic rings. The third-order valence-corrected chi connectivity index (χ3v) is 5.47. The molecule has 0 heterocycles. The van der Waals surface area contributed by atoms with Gasteiger partial charge in [-0.3, -0.25) is 14.4 Å². The minimum Gasteiger partial charge on any atom is -0.396 e. The van der Waals surface area contributed by atoms with Crippen molar-refractivity contribution in [3.05, 3.63) is 0 Å². The zero-order chi connectivity index (χ0) is 23.5. The topological polar surface area (TPSA) is 166 Å². The van der Waals surface area contributed by atoms with Gasteiger partial charge in [-0.2, -0.15) is 11.8 Å². The van der Waals surface area contributed by atoms with Gasteiger partial charge in [0, 0.05) is 37.2 Å². The Morgan fingerprint density at radius 3 is 2.29 bits per heavy atom. The van der Waals surface area contributed by atoms with E-state index in [2.05, 4.69) is 21.3 Å². The molecule has 0 saturated carbocycles. The molecule has 0 aliphatic rings. The summed E-state index contributed by atoms with van der Waals surface area (Å²) in [6, 6.07) is 0. The minimum absolute atomic E-state index is 0.0217. The molecule has 0 saturated heterocycles. The van der Waals surface area contributed by atoms with Crippen LogP contribution in [-0.4, -0.2) is 91.4 Å². The number of carbonyl (C=O) groups excluding carboxylic acids is 3. The molecule has 0 unspecified atom stereocenters. The van der Waals surface area contributed by atoms with E-state index in [4.69, 9.17) is 10.8 Å². The number of nitrogens with one attached hydrogen (secondary N) is 4. The van der Waals surface area contributed by atoms with Crippen LogP contribution in [0.4, 0.5) is 0 Å². The molecule has 0 rings (SSSR count). The average Bonchev–Trinajstić information content (AvgIpc) is 2.74. The molecule has 3 amide bonds. The second-order valence-electron chi connectivity index (χ2n) is 7.94. The summed E-state index contributed by atoms with van der Waals surface area (Å²) in [5, 5.41) is 30.4. The molecule has 0 bridgehead atoms. The van der Waals surface area contributed by atoms with Crippen LogP contribution in [0.15, 0.2) is 0 Å². The summed E-state index contributed by atoms with van der Waals surface area (Å²) >= 11 is 1.44. The maximum atomic E-state index is 11.8. The van der Waals surface area contributed by atoms with Gasteiger partial charge in [0.25, 0.3) is 0 Å². The zero-order valence-electron chi connectivity index (χ0n) is 18.9. The van der Waals surface area contributed by atoms with Crippen molar-refractivity contribution < 1.29 is 24.6 Å². The van der Waals surface area contributed by atoms with Gasteiger partial charge in [0.15, 0.2) is 0 Å². The Labute approximate surface area is 189 Å². The summed E-state index contributed by atoms with van der Waals surface area (Å²) in [5.74, 6) is 0.0917. The summed E-state index contributed by atoms with van der Waals surface area (Å²) < 4.78 is 0. The Hall–Kier alpha value is -1.40. The smallest absolute Gasteiger partial charge is 0.249 e. The zero-order valence-corrected chi connectivity index (χ0v) is 19.7. The van der Waals surface area contributed by atoms with E-state index in [1.54, 1.807) is 13.8 Å². The number of thioether (sulfide) groups is 1. The van der Waals surface area contributed by atoms with Crippen molar-refractivity contribution >= 4 is 29.5 Å². The molecule has 0 radical (unpaired) electrons. The number of unbranched alkanes of at least 4 members (excludes halogenated alkanes) is 1. The molecule has 11 heteroatoms. The Morgan fingerprint density at radius 2 is 1.61 bits per heavy atom. The van der Waals surface area contributed by atoms with E-state index in [9.17, 15) is 19.5 Å². The molecule has 8 N–H and O–H groups in total. The molecular formula is C20H41N5O5S. The Kier molecular flexibility index (Phi) is 17.4. The lowest BCUT2D eigenvalue weighted by Crippen LogP contribution is -2.46. The van der Waals surface area contributed by atoms with Crippen LogP contribution < -0.4 is 27.0 Å². The van der Waals surface area contributed by atoms with E-state index in [1.807, 2.05) is 0 Å². The third-order valence-electron chi connectivity index (χ3n) is 4.51. The molecule has 0 aromatic carbocycles. The fourth-order valence-corrected chi connectivity index (χ4v) is 3.04. The van der Waals surface area contributed by atoms with E-state index in [0.717, 1.165) is 32.4 Å². The molecule has 0 spiro atoms. The predicted octanol–water partition coefficient (Wildman–Crippen LogP) is -1.44. The number of aliphatic hydroxyl groups excluding tert-OH is 2. The van der Waals surface area contributed by atoms with Gasteiger partial charge < -0.3 is 37.2 Å². The fraction of sp³-hybridized carbons (Fsp3) is 0.850. The highest BCUT2D eigenvalue weighted by Crippen LogP contribution is 2.19. The van der Waals surface area contributed by atoms with Gasteiger partial charge in [-0.1, -0.05) is 13.8 Å². The Morgan fingerprint density at radius 1 is 0.935 bits per heavy atom. The highest BCUT2D eigenvalue weighted by atomic mass is 32.2. The quantitative estimate of drug-likeness (QED) is 0.114. The molecule has 182 valence electrons. The maximum absolute atomic E-state index is 11.8. The van der Waals surface area contributed by atoms with Crippen molar-refractivity contribution in [3.8, 4) is 0 Å². The number of carbonyl (C=O) groups is 3. The molecule has 0 aliphatic carbocycles. The molecule has 31 heavy (non-hydrogen) atoms. The molecule has 0 aromatic heterocycles. The van der Waals surface area contributed by atoms with Crippen molar-refractivity contribution in [1.29, 1.82) is 0 Å². The highest BCUT2D eigenvalue weighted by molar-refractivity contribution is 7.99. The van der Waals surface area contributed by atoms with Gasteiger partial charge in [-0.25, -0.2) is 0 Å². The van der Waals surface area contributed by atoms with Gasteiger partial charge in [-0.15, -0.1) is 0 Å². The van der Waals surface area contributed by atoms with Crippen LogP contribution in [0.25, 0.3) is 0 Å². The lowest BCUT2D eigenvalue weighted by atomic mass is 9.87. The second kappa shape index (κ2) is 18.2. The number of hydrogen-bond acceptors (Lipinski definition) is 8. The monoisotopic (exact) mass is 463 g/mol. The number of nitrogens with two attached hydrogens (primary N) is 1. The van der Waals surface area contributed by atoms with Crippen LogP contribution >= 0.6 is 11.8 Å². The van der Waals surface area contributed by atoms with Gasteiger partial charge in [0.05, 0.1) is 12.4 Å². The lowest BCUT2D eigenvalue weighted by Gasteiger charge is -2.27. The van der Waals surface area contributed by atoms with E-state index in [1.165, 1.54) is 11.8 Å². The maximum Gasteiger partial charge on any atom is 0.249 e.